The van der Waals surface area contributed by atoms with E-state index in [-0.39, 0.29) is 5.75 Å². The number of phenolic OH excluding ortho intramolecular Hbond substituents is 1. The van der Waals surface area contributed by atoms with E-state index in [0.29, 0.717) is 6.42 Å². The maximum absolute atomic E-state index is 11.0. The standard InChI is InChI=1S/C12H16O3/c1-3-4-10(12(14)15)9-5-6-11(13)8(2)7-9/h5-7,10,13H,3-4H2,1-2H3,(H,14,15). The molecule has 3 nitrogen and oxygen atoms in total. The molecule has 0 aliphatic heterocycles. The maximum Gasteiger partial charge on any atom is 0.310 e. The van der Waals surface area contributed by atoms with Gasteiger partial charge in [0.25, 0.3) is 0 Å². The third-order valence-corrected chi connectivity index (χ3v) is 2.50. The van der Waals surface area contributed by atoms with Gasteiger partial charge in [0, 0.05) is 0 Å². The summed E-state index contributed by atoms with van der Waals surface area (Å²) >= 11 is 0. The van der Waals surface area contributed by atoms with Crippen molar-refractivity contribution < 1.29 is 15.0 Å². The van der Waals surface area contributed by atoms with Gasteiger partial charge in [0.15, 0.2) is 0 Å². The van der Waals surface area contributed by atoms with Crippen LogP contribution in [-0.4, -0.2) is 16.2 Å². The fourth-order valence-electron chi connectivity index (χ4n) is 1.62. The Kier molecular flexibility index (Phi) is 3.72. The van der Waals surface area contributed by atoms with Gasteiger partial charge in [-0.05, 0) is 30.5 Å². The summed E-state index contributed by atoms with van der Waals surface area (Å²) < 4.78 is 0. The number of hydrogen-bond acceptors (Lipinski definition) is 2. The van der Waals surface area contributed by atoms with Crippen molar-refractivity contribution in [3.8, 4) is 5.75 Å². The van der Waals surface area contributed by atoms with Crippen LogP contribution in [0.1, 0.15) is 36.8 Å². The molecular weight excluding hydrogens is 192 g/mol. The Morgan fingerprint density at radius 3 is 2.60 bits per heavy atom. The molecular formula is C12H16O3. The monoisotopic (exact) mass is 208 g/mol. The first-order chi connectivity index (χ1) is 7.06. The fourth-order valence-corrected chi connectivity index (χ4v) is 1.62. The van der Waals surface area contributed by atoms with Crippen LogP contribution < -0.4 is 0 Å². The van der Waals surface area contributed by atoms with Crippen molar-refractivity contribution in [3.63, 3.8) is 0 Å². The van der Waals surface area contributed by atoms with Gasteiger partial charge in [-0.3, -0.25) is 4.79 Å². The Hall–Kier alpha value is -1.51. The number of rotatable bonds is 4. The summed E-state index contributed by atoms with van der Waals surface area (Å²) in [5, 5.41) is 18.4. The molecule has 0 bridgehead atoms. The zero-order chi connectivity index (χ0) is 11.4. The minimum Gasteiger partial charge on any atom is -0.508 e. The van der Waals surface area contributed by atoms with Gasteiger partial charge in [-0.15, -0.1) is 0 Å². The van der Waals surface area contributed by atoms with Gasteiger partial charge in [-0.25, -0.2) is 0 Å². The number of aryl methyl sites for hydroxylation is 1. The van der Waals surface area contributed by atoms with E-state index in [9.17, 15) is 9.90 Å². The number of benzene rings is 1. The lowest BCUT2D eigenvalue weighted by atomic mass is 9.93. The summed E-state index contributed by atoms with van der Waals surface area (Å²) in [6.45, 7) is 3.73. The summed E-state index contributed by atoms with van der Waals surface area (Å²) in [6, 6.07) is 4.97. The van der Waals surface area contributed by atoms with Crippen LogP contribution in [0.15, 0.2) is 18.2 Å². The predicted molar refractivity (Wildman–Crippen MR) is 58.1 cm³/mol. The molecule has 0 aromatic heterocycles. The Bertz CT molecular complexity index is 358. The van der Waals surface area contributed by atoms with Gasteiger partial charge < -0.3 is 10.2 Å². The molecule has 1 aromatic rings. The second-order valence-electron chi connectivity index (χ2n) is 3.73. The van der Waals surface area contributed by atoms with E-state index in [1.165, 1.54) is 0 Å². The molecule has 0 radical (unpaired) electrons. The first-order valence-corrected chi connectivity index (χ1v) is 5.08. The predicted octanol–water partition coefficient (Wildman–Crippen LogP) is 2.67. The highest BCUT2D eigenvalue weighted by molar-refractivity contribution is 5.76. The SMILES string of the molecule is CCCC(C(=O)O)c1ccc(O)c(C)c1. The van der Waals surface area contributed by atoms with Gasteiger partial charge in [-0.1, -0.05) is 25.5 Å². The third-order valence-electron chi connectivity index (χ3n) is 2.50. The van der Waals surface area contributed by atoms with E-state index < -0.39 is 11.9 Å². The molecule has 0 spiro atoms. The average molecular weight is 208 g/mol. The number of carboxylic acids is 1. The van der Waals surface area contributed by atoms with Crippen LogP contribution in [0.4, 0.5) is 0 Å². The van der Waals surface area contributed by atoms with Crippen molar-refractivity contribution in [1.82, 2.24) is 0 Å². The quantitative estimate of drug-likeness (QED) is 0.799. The molecule has 0 heterocycles. The number of aromatic hydroxyl groups is 1. The largest absolute Gasteiger partial charge is 0.508 e. The van der Waals surface area contributed by atoms with Crippen molar-refractivity contribution >= 4 is 5.97 Å². The highest BCUT2D eigenvalue weighted by Crippen LogP contribution is 2.26. The summed E-state index contributed by atoms with van der Waals surface area (Å²) in [7, 11) is 0. The van der Waals surface area contributed by atoms with Gasteiger partial charge in [0.2, 0.25) is 0 Å². The van der Waals surface area contributed by atoms with Crippen LogP contribution in [0.25, 0.3) is 0 Å². The smallest absolute Gasteiger partial charge is 0.310 e. The molecule has 1 rings (SSSR count). The van der Waals surface area contributed by atoms with E-state index in [4.69, 9.17) is 5.11 Å². The van der Waals surface area contributed by atoms with Gasteiger partial charge in [0.1, 0.15) is 5.75 Å². The lowest BCUT2D eigenvalue weighted by Crippen LogP contribution is -2.11. The van der Waals surface area contributed by atoms with Gasteiger partial charge >= 0.3 is 5.97 Å². The number of carboxylic acid groups (broad SMARTS) is 1. The topological polar surface area (TPSA) is 57.5 Å². The van der Waals surface area contributed by atoms with Crippen LogP contribution in [0.2, 0.25) is 0 Å². The van der Waals surface area contributed by atoms with Crippen molar-refractivity contribution in [3.05, 3.63) is 29.3 Å². The van der Waals surface area contributed by atoms with E-state index in [0.717, 1.165) is 17.5 Å². The Balaban J connectivity index is 3.01. The fraction of sp³-hybridized carbons (Fsp3) is 0.417. The number of aliphatic carboxylic acids is 1. The van der Waals surface area contributed by atoms with Crippen LogP contribution >= 0.6 is 0 Å². The first-order valence-electron chi connectivity index (χ1n) is 5.08. The molecule has 82 valence electrons. The summed E-state index contributed by atoms with van der Waals surface area (Å²) in [6.07, 6.45) is 1.45. The molecule has 0 amide bonds. The minimum absolute atomic E-state index is 0.208. The molecule has 3 heteroatoms. The first kappa shape index (κ1) is 11.6. The van der Waals surface area contributed by atoms with Crippen molar-refractivity contribution in [2.75, 3.05) is 0 Å². The summed E-state index contributed by atoms with van der Waals surface area (Å²) in [5.41, 5.74) is 1.48. The molecule has 0 saturated carbocycles. The average Bonchev–Trinajstić information content (AvgIpc) is 2.18. The molecule has 15 heavy (non-hydrogen) atoms. The van der Waals surface area contributed by atoms with Crippen LogP contribution in [-0.2, 0) is 4.79 Å². The number of phenols is 1. The van der Waals surface area contributed by atoms with Gasteiger partial charge in [0.05, 0.1) is 5.92 Å². The zero-order valence-corrected chi connectivity index (χ0v) is 9.03. The normalized spacial score (nSPS) is 12.4. The third kappa shape index (κ3) is 2.72. The molecule has 0 aliphatic carbocycles. The van der Waals surface area contributed by atoms with Crippen LogP contribution in [0, 0.1) is 6.92 Å². The molecule has 1 atom stereocenters. The van der Waals surface area contributed by atoms with Gasteiger partial charge in [-0.2, -0.15) is 0 Å². The maximum atomic E-state index is 11.0. The lowest BCUT2D eigenvalue weighted by molar-refractivity contribution is -0.139. The number of hydrogen-bond donors (Lipinski definition) is 2. The highest BCUT2D eigenvalue weighted by atomic mass is 16.4. The molecule has 0 fully saturated rings. The molecule has 0 saturated heterocycles. The van der Waals surface area contributed by atoms with Crippen LogP contribution in [0.5, 0.6) is 5.75 Å². The molecule has 1 aromatic carbocycles. The van der Waals surface area contributed by atoms with Crippen molar-refractivity contribution in [2.24, 2.45) is 0 Å². The van der Waals surface area contributed by atoms with E-state index in [1.807, 2.05) is 6.92 Å². The Morgan fingerprint density at radius 1 is 1.47 bits per heavy atom. The van der Waals surface area contributed by atoms with Crippen LogP contribution in [0.3, 0.4) is 0 Å². The molecule has 2 N–H and O–H groups in total. The van der Waals surface area contributed by atoms with Crippen molar-refractivity contribution in [2.45, 2.75) is 32.6 Å². The van der Waals surface area contributed by atoms with E-state index in [1.54, 1.807) is 25.1 Å². The molecule has 0 aliphatic rings. The lowest BCUT2D eigenvalue weighted by Gasteiger charge is -2.12. The molecule has 1 unspecified atom stereocenters. The van der Waals surface area contributed by atoms with E-state index >= 15 is 0 Å². The Labute approximate surface area is 89.4 Å². The second-order valence-corrected chi connectivity index (χ2v) is 3.73. The van der Waals surface area contributed by atoms with E-state index in [2.05, 4.69) is 0 Å². The summed E-state index contributed by atoms with van der Waals surface area (Å²) in [4.78, 5) is 11.0. The highest BCUT2D eigenvalue weighted by Gasteiger charge is 2.18. The second kappa shape index (κ2) is 4.82. The minimum atomic E-state index is -0.804. The Morgan fingerprint density at radius 2 is 2.13 bits per heavy atom. The summed E-state index contributed by atoms with van der Waals surface area (Å²) in [5.74, 6) is -1.06. The number of carbonyl (C=O) groups is 1. The zero-order valence-electron chi connectivity index (χ0n) is 9.03. The van der Waals surface area contributed by atoms with Crippen molar-refractivity contribution in [1.29, 1.82) is 0 Å².